The number of phosphoric acid groups is 1. The number of rotatable bonds is 48. The number of unbranched alkanes of at least 4 members (excludes halogenated alkanes) is 32. The highest BCUT2D eigenvalue weighted by atomic mass is 31.2. The summed E-state index contributed by atoms with van der Waals surface area (Å²) in [5, 5.41) is 0. The average Bonchev–Trinajstić information content (AvgIpc) is 3.21. The van der Waals surface area contributed by atoms with Crippen molar-refractivity contribution in [3.8, 4) is 0 Å². The molecule has 2 atom stereocenters. The van der Waals surface area contributed by atoms with Crippen molar-refractivity contribution in [2.75, 3.05) is 47.5 Å². The summed E-state index contributed by atoms with van der Waals surface area (Å²) in [7, 11) is 1.17. The SMILES string of the molecule is CCCCCCCCCCC/C=C/CCCCC(=O)OC[C@H](COP(=O)([O-])OCC[N+](C)(C)C)OC(=O)CCCCCCCCCCCCCCCCCCCCCCCC. The summed E-state index contributed by atoms with van der Waals surface area (Å²) in [6, 6.07) is 0. The van der Waals surface area contributed by atoms with Gasteiger partial charge in [0.05, 0.1) is 27.7 Å². The van der Waals surface area contributed by atoms with Gasteiger partial charge >= 0.3 is 11.9 Å². The van der Waals surface area contributed by atoms with Crippen molar-refractivity contribution >= 4 is 19.8 Å². The molecule has 0 aromatic heterocycles. The van der Waals surface area contributed by atoms with E-state index in [4.69, 9.17) is 18.5 Å². The zero-order valence-corrected chi connectivity index (χ0v) is 41.8. The molecule has 0 saturated heterocycles. The van der Waals surface area contributed by atoms with Gasteiger partial charge in [-0.3, -0.25) is 14.2 Å². The normalized spacial score (nSPS) is 13.5. The Hall–Kier alpha value is -1.25. The van der Waals surface area contributed by atoms with Gasteiger partial charge < -0.3 is 27.9 Å². The van der Waals surface area contributed by atoms with Crippen LogP contribution in [0.25, 0.3) is 0 Å². The molecule has 0 aliphatic heterocycles. The number of likely N-dealkylation sites (N-methyl/N-ethyl adjacent to an activating group) is 1. The molecule has 10 heteroatoms. The van der Waals surface area contributed by atoms with Crippen LogP contribution >= 0.6 is 7.82 Å². The van der Waals surface area contributed by atoms with Crippen LogP contribution in [-0.4, -0.2) is 70.0 Å². The lowest BCUT2D eigenvalue weighted by atomic mass is 10.0. The molecule has 0 aliphatic rings. The van der Waals surface area contributed by atoms with Gasteiger partial charge in [-0.25, -0.2) is 0 Å². The Bertz CT molecular complexity index is 1050. The van der Waals surface area contributed by atoms with Gasteiger partial charge in [0, 0.05) is 12.8 Å². The van der Waals surface area contributed by atoms with Crippen molar-refractivity contribution < 1.29 is 42.1 Å². The van der Waals surface area contributed by atoms with E-state index >= 15 is 0 Å². The lowest BCUT2D eigenvalue weighted by Crippen LogP contribution is -2.37. The largest absolute Gasteiger partial charge is 0.756 e. The van der Waals surface area contributed by atoms with E-state index in [0.717, 1.165) is 32.1 Å². The molecular formula is C51H100NO8P. The molecule has 0 heterocycles. The molecule has 362 valence electrons. The van der Waals surface area contributed by atoms with Crippen LogP contribution in [0.3, 0.4) is 0 Å². The molecule has 0 aromatic rings. The fraction of sp³-hybridized carbons (Fsp3) is 0.922. The summed E-state index contributed by atoms with van der Waals surface area (Å²) in [5.41, 5.74) is 0. The number of ether oxygens (including phenoxy) is 2. The van der Waals surface area contributed by atoms with Crippen molar-refractivity contribution in [1.82, 2.24) is 0 Å². The van der Waals surface area contributed by atoms with Crippen molar-refractivity contribution in [3.05, 3.63) is 12.2 Å². The Kier molecular flexibility index (Phi) is 43.1. The van der Waals surface area contributed by atoms with Gasteiger partial charge in [0.1, 0.15) is 19.8 Å². The zero-order chi connectivity index (χ0) is 45.0. The summed E-state index contributed by atoms with van der Waals surface area (Å²) in [4.78, 5) is 37.7. The zero-order valence-electron chi connectivity index (χ0n) is 40.9. The second kappa shape index (κ2) is 44.0. The van der Waals surface area contributed by atoms with E-state index in [1.807, 2.05) is 21.1 Å². The van der Waals surface area contributed by atoms with Crippen molar-refractivity contribution in [2.45, 2.75) is 258 Å². The number of hydrogen-bond acceptors (Lipinski definition) is 8. The van der Waals surface area contributed by atoms with E-state index in [9.17, 15) is 19.0 Å². The van der Waals surface area contributed by atoms with Gasteiger partial charge in [-0.15, -0.1) is 0 Å². The van der Waals surface area contributed by atoms with Crippen molar-refractivity contribution in [2.24, 2.45) is 0 Å². The highest BCUT2D eigenvalue weighted by molar-refractivity contribution is 7.45. The van der Waals surface area contributed by atoms with Gasteiger partial charge in [0.25, 0.3) is 7.82 Å². The first kappa shape index (κ1) is 59.8. The molecule has 0 saturated carbocycles. The minimum atomic E-state index is -4.63. The number of nitrogens with zero attached hydrogens (tertiary/aromatic N) is 1. The Morgan fingerprint density at radius 1 is 0.492 bits per heavy atom. The molecule has 61 heavy (non-hydrogen) atoms. The van der Waals surface area contributed by atoms with Crippen LogP contribution in [0.5, 0.6) is 0 Å². The number of carbonyl (C=O) groups excluding carboxylic acids is 2. The maximum Gasteiger partial charge on any atom is 0.306 e. The van der Waals surface area contributed by atoms with E-state index in [-0.39, 0.29) is 26.1 Å². The summed E-state index contributed by atoms with van der Waals surface area (Å²) in [6.45, 7) is 4.25. The minimum Gasteiger partial charge on any atom is -0.756 e. The standard InChI is InChI=1S/C51H100NO8P/c1-6-8-10-12-14-16-18-20-22-23-24-25-26-27-28-30-32-34-36-38-40-42-44-51(54)60-49(48-59-61(55,56)58-46-45-52(3,4)5)47-57-50(53)43-41-39-37-35-33-31-29-21-19-17-15-13-11-9-7-2/h33,35,49H,6-32,34,36-48H2,1-5H3/b35-33+/t49-/m1/s1. The van der Waals surface area contributed by atoms with Crippen LogP contribution in [-0.2, 0) is 32.7 Å². The predicted octanol–water partition coefficient (Wildman–Crippen LogP) is 14.7. The Labute approximate surface area is 377 Å². The number of quaternary nitrogens is 1. The number of carbonyl (C=O) groups is 2. The first-order valence-corrected chi connectivity index (χ1v) is 27.4. The van der Waals surface area contributed by atoms with E-state index < -0.39 is 32.5 Å². The third kappa shape index (κ3) is 48.1. The Morgan fingerprint density at radius 3 is 1.25 bits per heavy atom. The van der Waals surface area contributed by atoms with Gasteiger partial charge in [-0.1, -0.05) is 212 Å². The maximum atomic E-state index is 12.7. The third-order valence-electron chi connectivity index (χ3n) is 11.5. The van der Waals surface area contributed by atoms with Crippen LogP contribution in [0.15, 0.2) is 12.2 Å². The third-order valence-corrected chi connectivity index (χ3v) is 12.5. The summed E-state index contributed by atoms with van der Waals surface area (Å²) >= 11 is 0. The molecule has 0 spiro atoms. The van der Waals surface area contributed by atoms with Crippen molar-refractivity contribution in [3.63, 3.8) is 0 Å². The molecule has 0 fully saturated rings. The van der Waals surface area contributed by atoms with Crippen LogP contribution in [0.1, 0.15) is 251 Å². The van der Waals surface area contributed by atoms with Crippen LogP contribution in [0, 0.1) is 0 Å². The number of phosphoric ester groups is 1. The fourth-order valence-corrected chi connectivity index (χ4v) is 8.20. The van der Waals surface area contributed by atoms with Gasteiger partial charge in [0.15, 0.2) is 6.10 Å². The highest BCUT2D eigenvalue weighted by Gasteiger charge is 2.21. The molecule has 1 unspecified atom stereocenters. The van der Waals surface area contributed by atoms with Gasteiger partial charge in [-0.05, 0) is 38.5 Å². The molecule has 0 aromatic carbocycles. The number of allylic oxidation sites excluding steroid dienone is 2. The first-order chi connectivity index (χ1) is 29.5. The van der Waals surface area contributed by atoms with Crippen LogP contribution < -0.4 is 4.89 Å². The van der Waals surface area contributed by atoms with Gasteiger partial charge in [-0.2, -0.15) is 0 Å². The van der Waals surface area contributed by atoms with Gasteiger partial charge in [0.2, 0.25) is 0 Å². The summed E-state index contributed by atoms with van der Waals surface area (Å²) < 4.78 is 34.0. The molecule has 0 radical (unpaired) electrons. The van der Waals surface area contributed by atoms with E-state index in [1.165, 1.54) is 180 Å². The monoisotopic (exact) mass is 886 g/mol. The lowest BCUT2D eigenvalue weighted by Gasteiger charge is -2.28. The predicted molar refractivity (Wildman–Crippen MR) is 255 cm³/mol. The molecule has 9 nitrogen and oxygen atoms in total. The second-order valence-corrected chi connectivity index (χ2v) is 20.3. The quantitative estimate of drug-likeness (QED) is 0.0195. The number of esters is 2. The fourth-order valence-electron chi connectivity index (χ4n) is 7.48. The van der Waals surface area contributed by atoms with E-state index in [1.54, 1.807) is 0 Å². The second-order valence-electron chi connectivity index (χ2n) is 18.9. The van der Waals surface area contributed by atoms with Crippen LogP contribution in [0.4, 0.5) is 0 Å². The smallest absolute Gasteiger partial charge is 0.306 e. The Morgan fingerprint density at radius 2 is 0.836 bits per heavy atom. The minimum absolute atomic E-state index is 0.0301. The van der Waals surface area contributed by atoms with Crippen LogP contribution in [0.2, 0.25) is 0 Å². The van der Waals surface area contributed by atoms with E-state index in [2.05, 4.69) is 26.0 Å². The molecule has 0 aliphatic carbocycles. The molecule has 0 rings (SSSR count). The lowest BCUT2D eigenvalue weighted by molar-refractivity contribution is -0.870. The molecule has 0 bridgehead atoms. The summed E-state index contributed by atoms with van der Waals surface area (Å²) in [6.07, 6.45) is 48.2. The maximum absolute atomic E-state index is 12.7. The topological polar surface area (TPSA) is 111 Å². The summed E-state index contributed by atoms with van der Waals surface area (Å²) in [5.74, 6) is -0.845. The van der Waals surface area contributed by atoms with E-state index in [0.29, 0.717) is 23.9 Å². The van der Waals surface area contributed by atoms with Crippen molar-refractivity contribution in [1.29, 1.82) is 0 Å². The molecule has 0 amide bonds. The highest BCUT2D eigenvalue weighted by Crippen LogP contribution is 2.38. The first-order valence-electron chi connectivity index (χ1n) is 25.9. The molecule has 0 N–H and O–H groups in total. The average molecular weight is 886 g/mol. The Balaban J connectivity index is 4.20. The number of hydrogen-bond donors (Lipinski definition) is 0. The molecular weight excluding hydrogens is 786 g/mol.